The van der Waals surface area contributed by atoms with Crippen LogP contribution in [0.2, 0.25) is 0 Å². The minimum absolute atomic E-state index is 0.0694. The zero-order valence-electron chi connectivity index (χ0n) is 14.6. The number of carbonyl (C=O) groups is 1. The number of nitrogens with one attached hydrogen (secondary N) is 1. The smallest absolute Gasteiger partial charge is 0.223 e. The van der Waals surface area contributed by atoms with Crippen molar-refractivity contribution in [1.29, 1.82) is 0 Å². The lowest BCUT2D eigenvalue weighted by Gasteiger charge is -2.11. The van der Waals surface area contributed by atoms with Gasteiger partial charge in [0.15, 0.2) is 0 Å². The molecular weight excluding hydrogens is 286 g/mol. The highest BCUT2D eigenvalue weighted by Crippen LogP contribution is 2.15. The number of benzene rings is 1. The van der Waals surface area contributed by atoms with Crippen LogP contribution in [0.15, 0.2) is 30.3 Å². The zero-order chi connectivity index (χ0) is 16.8. The Balaban J connectivity index is 2.04. The van der Waals surface area contributed by atoms with E-state index in [2.05, 4.69) is 36.4 Å². The number of hydrogen-bond acceptors (Lipinski definition) is 2. The summed E-state index contributed by atoms with van der Waals surface area (Å²) in [5.41, 5.74) is 4.46. The van der Waals surface area contributed by atoms with Crippen LogP contribution in [-0.2, 0) is 17.9 Å². The molecule has 23 heavy (non-hydrogen) atoms. The van der Waals surface area contributed by atoms with E-state index >= 15 is 0 Å². The first-order valence-electron chi connectivity index (χ1n) is 8.37. The van der Waals surface area contributed by atoms with Gasteiger partial charge in [0.1, 0.15) is 0 Å². The van der Waals surface area contributed by atoms with Crippen LogP contribution in [0.3, 0.4) is 0 Å². The first kappa shape index (κ1) is 17.3. The highest BCUT2D eigenvalue weighted by Gasteiger charge is 2.15. The van der Waals surface area contributed by atoms with Crippen LogP contribution >= 0.6 is 0 Å². The van der Waals surface area contributed by atoms with Crippen molar-refractivity contribution in [2.75, 3.05) is 0 Å². The van der Waals surface area contributed by atoms with Gasteiger partial charge in [0, 0.05) is 23.7 Å². The maximum atomic E-state index is 12.1. The second-order valence-corrected chi connectivity index (χ2v) is 6.20. The summed E-state index contributed by atoms with van der Waals surface area (Å²) in [6, 6.07) is 10.3. The van der Waals surface area contributed by atoms with E-state index in [1.807, 2.05) is 36.7 Å². The van der Waals surface area contributed by atoms with E-state index in [4.69, 9.17) is 0 Å². The van der Waals surface area contributed by atoms with Crippen LogP contribution in [0, 0.1) is 19.8 Å². The number of aryl methyl sites for hydroxylation is 1. The molecule has 0 fully saturated rings. The lowest BCUT2D eigenvalue weighted by atomic mass is 10.1. The summed E-state index contributed by atoms with van der Waals surface area (Å²) >= 11 is 0. The molecule has 0 saturated carbocycles. The average Bonchev–Trinajstić information content (AvgIpc) is 2.80. The molecule has 2 aromatic rings. The maximum Gasteiger partial charge on any atom is 0.223 e. The van der Waals surface area contributed by atoms with Crippen molar-refractivity contribution in [2.45, 2.75) is 53.6 Å². The highest BCUT2D eigenvalue weighted by atomic mass is 16.1. The summed E-state index contributed by atoms with van der Waals surface area (Å²) < 4.78 is 2.02. The van der Waals surface area contributed by atoms with Gasteiger partial charge in [-0.3, -0.25) is 9.48 Å². The van der Waals surface area contributed by atoms with E-state index in [0.29, 0.717) is 6.54 Å². The van der Waals surface area contributed by atoms with E-state index in [9.17, 15) is 4.79 Å². The number of carbonyl (C=O) groups excluding carboxylic acids is 1. The lowest BCUT2D eigenvalue weighted by molar-refractivity contribution is -0.124. The number of aromatic nitrogens is 2. The van der Waals surface area contributed by atoms with Crippen molar-refractivity contribution in [2.24, 2.45) is 5.92 Å². The van der Waals surface area contributed by atoms with Gasteiger partial charge in [-0.1, -0.05) is 50.6 Å². The molecule has 0 aliphatic rings. The molecule has 0 aliphatic heterocycles. The average molecular weight is 313 g/mol. The summed E-state index contributed by atoms with van der Waals surface area (Å²) in [6.45, 7) is 9.47. The molecular formula is C19H27N3O. The Bertz CT molecular complexity index is 646. The molecule has 0 spiro atoms. The number of nitrogens with zero attached hydrogens (tertiary/aromatic N) is 2. The van der Waals surface area contributed by atoms with Gasteiger partial charge < -0.3 is 5.32 Å². The van der Waals surface area contributed by atoms with Crippen LogP contribution in [0.25, 0.3) is 0 Å². The Labute approximate surface area is 138 Å². The Morgan fingerprint density at radius 1 is 1.26 bits per heavy atom. The second-order valence-electron chi connectivity index (χ2n) is 6.20. The van der Waals surface area contributed by atoms with Gasteiger partial charge in [-0.05, 0) is 25.8 Å². The first-order chi connectivity index (χ1) is 11.0. The van der Waals surface area contributed by atoms with Crippen LogP contribution < -0.4 is 5.32 Å². The summed E-state index contributed by atoms with van der Waals surface area (Å²) in [5, 5.41) is 7.68. The molecule has 0 radical (unpaired) electrons. The first-order valence-corrected chi connectivity index (χ1v) is 8.37. The number of hydrogen-bond donors (Lipinski definition) is 1. The Morgan fingerprint density at radius 2 is 1.96 bits per heavy atom. The van der Waals surface area contributed by atoms with Crippen molar-refractivity contribution < 1.29 is 4.79 Å². The molecule has 0 saturated heterocycles. The summed E-state index contributed by atoms with van der Waals surface area (Å²) in [7, 11) is 0. The molecule has 4 heteroatoms. The van der Waals surface area contributed by atoms with E-state index in [-0.39, 0.29) is 11.8 Å². The normalized spacial score (nSPS) is 12.2. The largest absolute Gasteiger partial charge is 0.352 e. The molecule has 1 unspecified atom stereocenters. The predicted octanol–water partition coefficient (Wildman–Crippen LogP) is 3.60. The minimum Gasteiger partial charge on any atom is -0.352 e. The second kappa shape index (κ2) is 7.95. The zero-order valence-corrected chi connectivity index (χ0v) is 14.6. The Morgan fingerprint density at radius 3 is 2.61 bits per heavy atom. The SMILES string of the molecule is CCCC(C)C(=O)NCc1c(C)nn(Cc2ccccc2)c1C. The lowest BCUT2D eigenvalue weighted by Crippen LogP contribution is -2.29. The van der Waals surface area contributed by atoms with Gasteiger partial charge >= 0.3 is 0 Å². The van der Waals surface area contributed by atoms with Gasteiger partial charge in [-0.2, -0.15) is 5.10 Å². The summed E-state index contributed by atoms with van der Waals surface area (Å²) in [5.74, 6) is 0.196. The van der Waals surface area contributed by atoms with Crippen LogP contribution in [0.4, 0.5) is 0 Å². The predicted molar refractivity (Wildman–Crippen MR) is 93.2 cm³/mol. The summed E-state index contributed by atoms with van der Waals surface area (Å²) in [6.07, 6.45) is 1.96. The van der Waals surface area contributed by atoms with E-state index in [0.717, 1.165) is 36.3 Å². The topological polar surface area (TPSA) is 46.9 Å². The monoisotopic (exact) mass is 313 g/mol. The van der Waals surface area contributed by atoms with Crippen LogP contribution in [0.5, 0.6) is 0 Å². The number of rotatable bonds is 7. The van der Waals surface area contributed by atoms with Gasteiger partial charge in [-0.25, -0.2) is 0 Å². The molecule has 1 aromatic heterocycles. The third kappa shape index (κ3) is 4.44. The van der Waals surface area contributed by atoms with Crippen molar-refractivity contribution in [3.05, 3.63) is 52.8 Å². The molecule has 0 aliphatic carbocycles. The standard InChI is InChI=1S/C19H27N3O/c1-5-9-14(2)19(23)20-12-18-15(3)21-22(16(18)4)13-17-10-7-6-8-11-17/h6-8,10-11,14H,5,9,12-13H2,1-4H3,(H,20,23). The van der Waals surface area contributed by atoms with Crippen molar-refractivity contribution >= 4 is 5.91 Å². The molecule has 4 nitrogen and oxygen atoms in total. The van der Waals surface area contributed by atoms with Gasteiger partial charge in [0.2, 0.25) is 5.91 Å². The van der Waals surface area contributed by atoms with E-state index in [1.54, 1.807) is 0 Å². The third-order valence-electron chi connectivity index (χ3n) is 4.32. The Kier molecular flexibility index (Phi) is 5.97. The summed E-state index contributed by atoms with van der Waals surface area (Å²) in [4.78, 5) is 12.1. The Hall–Kier alpha value is -2.10. The van der Waals surface area contributed by atoms with Crippen LogP contribution in [0.1, 0.15) is 49.2 Å². The molecule has 1 atom stereocenters. The van der Waals surface area contributed by atoms with Crippen molar-refractivity contribution in [1.82, 2.24) is 15.1 Å². The fourth-order valence-electron chi connectivity index (χ4n) is 2.81. The van der Waals surface area contributed by atoms with E-state index < -0.39 is 0 Å². The molecule has 2 rings (SSSR count). The molecule has 124 valence electrons. The van der Waals surface area contributed by atoms with Gasteiger partial charge in [0.05, 0.1) is 12.2 Å². The number of amides is 1. The van der Waals surface area contributed by atoms with Crippen molar-refractivity contribution in [3.63, 3.8) is 0 Å². The van der Waals surface area contributed by atoms with Gasteiger partial charge in [-0.15, -0.1) is 0 Å². The quantitative estimate of drug-likeness (QED) is 0.849. The van der Waals surface area contributed by atoms with Crippen molar-refractivity contribution in [3.8, 4) is 0 Å². The third-order valence-corrected chi connectivity index (χ3v) is 4.32. The molecule has 1 aromatic carbocycles. The fourth-order valence-corrected chi connectivity index (χ4v) is 2.81. The molecule has 1 N–H and O–H groups in total. The highest BCUT2D eigenvalue weighted by molar-refractivity contribution is 5.78. The fraction of sp³-hybridized carbons (Fsp3) is 0.474. The van der Waals surface area contributed by atoms with Crippen LogP contribution in [-0.4, -0.2) is 15.7 Å². The van der Waals surface area contributed by atoms with E-state index in [1.165, 1.54) is 5.56 Å². The molecule has 1 heterocycles. The minimum atomic E-state index is 0.0694. The van der Waals surface area contributed by atoms with Gasteiger partial charge in [0.25, 0.3) is 0 Å². The molecule has 0 bridgehead atoms. The molecule has 1 amide bonds. The maximum absolute atomic E-state index is 12.1.